The van der Waals surface area contributed by atoms with E-state index in [-0.39, 0.29) is 115 Å². The third kappa shape index (κ3) is 28.8. The Bertz CT molecular complexity index is 6700. The molecule has 9 amide bonds. The van der Waals surface area contributed by atoms with Crippen molar-refractivity contribution in [1.29, 1.82) is 0 Å². The lowest BCUT2D eigenvalue weighted by Crippen LogP contribution is -2.46. The van der Waals surface area contributed by atoms with Gasteiger partial charge in [0.2, 0.25) is 0 Å². The molecule has 0 radical (unpaired) electrons. The molecule has 150 heavy (non-hydrogen) atoms. The average Bonchev–Trinajstić information content (AvgIpc) is 1.46. The molecule has 15 rings (SSSR count). The van der Waals surface area contributed by atoms with E-state index in [1.807, 2.05) is 108 Å². The number of methoxy groups -OCH3 is 1. The van der Waals surface area contributed by atoms with Crippen molar-refractivity contribution >= 4 is 87.5 Å². The van der Waals surface area contributed by atoms with Gasteiger partial charge in [-0.15, -0.1) is 0 Å². The van der Waals surface area contributed by atoms with E-state index in [1.54, 1.807) is 157 Å². The molecule has 12 aromatic rings. The van der Waals surface area contributed by atoms with Gasteiger partial charge < -0.3 is 79.6 Å². The molecule has 9 aromatic carbocycles. The van der Waals surface area contributed by atoms with Crippen LogP contribution in [0.15, 0.2) is 218 Å². The summed E-state index contributed by atoms with van der Waals surface area (Å²) < 4.78 is 26.8. The van der Waals surface area contributed by atoms with E-state index in [9.17, 15) is 68.6 Å². The third-order valence-electron chi connectivity index (χ3n) is 26.6. The number of nitrogens with zero attached hydrogens (tertiary/aromatic N) is 13. The zero-order chi connectivity index (χ0) is 107. The van der Waals surface area contributed by atoms with Crippen molar-refractivity contribution in [2.75, 3.05) is 102 Å². The van der Waals surface area contributed by atoms with E-state index in [1.165, 1.54) is 24.3 Å². The second kappa shape index (κ2) is 54.5. The number of halogens is 1. The Labute approximate surface area is 879 Å². The van der Waals surface area contributed by atoms with Gasteiger partial charge in [0.15, 0.2) is 36.9 Å². The predicted molar refractivity (Wildman–Crippen MR) is 575 cm³/mol. The number of ether oxygens (including phenoxy) is 4. The number of aliphatic hydroxyl groups is 3. The Hall–Kier alpha value is -15.4. The Morgan fingerprint density at radius 3 is 1.00 bits per heavy atom. The van der Waals surface area contributed by atoms with Crippen LogP contribution in [0.3, 0.4) is 0 Å². The maximum absolute atomic E-state index is 14.5. The summed E-state index contributed by atoms with van der Waals surface area (Å²) in [4.78, 5) is 144. The number of carbonyl (C=O) groups excluding carboxylic acids is 9. The standard InChI is InChI=1S/C39H47N5O6.C38H44ClN5O5.C38H44N6O7/c1-5-7-18-42(19-8-6-2)39(48)35-20-27(3)44(41-35)36-17-16-30(40-37(46)26-50-33-15-11-14-32(23-33)49-4)22-34(36)38(47)43-24-29-13-10-9-12-28(29)21-31(43)25-45;1-4-6-18-42(19-7-5-2)38(48)33-20-26(3)44(41-33)34-17-16-29(40-36(46)25-49-35-15-11-10-14-32(35)39)22-31(34)37(47)43-23-28-13-9-8-12-27(28)21-30(43)24-45;1-4-6-18-41(19-7-5-2)38(48)34-20-26(3)43(40-34)35-17-12-29(39-36(46)25-51-32-15-13-30(14-16-32)44(49)50)22-33(35)37(47)42-23-28-11-9-8-10-27(28)21-31(42)24-45/h9-17,20,22-23,31,45H,5-8,18-19,21,24-26H2,1-4H3,(H,40,46);8-17,20,22,30,45H,4-7,18-19,21,23-25H2,1-3H3,(H,40,46);8-17,20,22,31,45H,4-7,18-19,21,23-25H2,1-3H3,(H,39,46)/t31-;30-;31-/m000/s1. The number of aryl methyl sites for hydroxylation is 3. The lowest BCUT2D eigenvalue weighted by atomic mass is 9.93. The summed E-state index contributed by atoms with van der Waals surface area (Å²) in [7, 11) is 1.55. The van der Waals surface area contributed by atoms with Gasteiger partial charge >= 0.3 is 0 Å². The van der Waals surface area contributed by atoms with E-state index in [0.717, 1.165) is 110 Å². The molecule has 34 nitrogen and oxygen atoms in total. The highest BCUT2D eigenvalue weighted by molar-refractivity contribution is 6.32. The van der Waals surface area contributed by atoms with Crippen LogP contribution in [-0.4, -0.2) is 236 Å². The Morgan fingerprint density at radius 2 is 0.687 bits per heavy atom. The van der Waals surface area contributed by atoms with E-state index in [4.69, 9.17) is 45.8 Å². The van der Waals surface area contributed by atoms with Crippen molar-refractivity contribution in [1.82, 2.24) is 58.7 Å². The summed E-state index contributed by atoms with van der Waals surface area (Å²) in [6.07, 6.45) is 12.7. The van der Waals surface area contributed by atoms with Gasteiger partial charge in [0, 0.05) is 111 Å². The predicted octanol–water partition coefficient (Wildman–Crippen LogP) is 18.0. The number of nitrogens with one attached hydrogen (secondary N) is 3. The van der Waals surface area contributed by atoms with Crippen molar-refractivity contribution in [3.05, 3.63) is 318 Å². The number of aromatic nitrogens is 6. The monoisotopic (exact) mass is 2060 g/mol. The molecular weight excluding hydrogens is 1930 g/mol. The van der Waals surface area contributed by atoms with Gasteiger partial charge in [-0.05, 0) is 221 Å². The molecule has 0 spiro atoms. The number of carbonyl (C=O) groups is 9. The first kappa shape index (κ1) is 112. The molecule has 790 valence electrons. The van der Waals surface area contributed by atoms with Crippen molar-refractivity contribution in [3.8, 4) is 40.1 Å². The smallest absolute Gasteiger partial charge is 0.274 e. The number of hydrogen-bond acceptors (Lipinski definition) is 21. The van der Waals surface area contributed by atoms with E-state index in [2.05, 4.69) is 57.5 Å². The van der Waals surface area contributed by atoms with E-state index in [0.29, 0.717) is 156 Å². The lowest BCUT2D eigenvalue weighted by molar-refractivity contribution is -0.384. The number of unbranched alkanes of at least 4 members (excludes halogenated alkanes) is 6. The number of aliphatic hydroxyl groups excluding tert-OH is 3. The molecule has 0 unspecified atom stereocenters. The van der Waals surface area contributed by atoms with Gasteiger partial charge in [-0.2, -0.15) is 15.3 Å². The summed E-state index contributed by atoms with van der Waals surface area (Å²) in [5.74, 6) is -1.10. The van der Waals surface area contributed by atoms with Crippen LogP contribution in [0.5, 0.6) is 23.0 Å². The Morgan fingerprint density at radius 1 is 0.380 bits per heavy atom. The SMILES string of the molecule is CCCCN(CCCC)C(=O)c1cc(C)n(-c2ccc(NC(=O)COc3ccc([N+](=O)[O-])cc3)cc2C(=O)N2Cc3ccccc3C[C@H]2CO)n1.CCCCN(CCCC)C(=O)c1cc(C)n(-c2ccc(NC(=O)COc3cccc(OC)c3)cc2C(=O)N2Cc3ccccc3C[C@H]2CO)n1.CCCCN(CCCC)C(=O)c1cc(C)n(-c2ccc(NC(=O)COc3ccccc3Cl)cc2C(=O)N2Cc3ccccc3C[C@H]2CO)n1. The number of rotatable bonds is 44. The van der Waals surface area contributed by atoms with Gasteiger partial charge in [0.05, 0.1) is 88.8 Å². The zero-order valence-corrected chi connectivity index (χ0v) is 87.6. The van der Waals surface area contributed by atoms with Crippen LogP contribution in [0.4, 0.5) is 22.7 Å². The van der Waals surface area contributed by atoms with Crippen molar-refractivity contribution in [2.45, 2.75) is 196 Å². The van der Waals surface area contributed by atoms with E-state index < -0.39 is 40.8 Å². The minimum absolute atomic E-state index is 0.0982. The van der Waals surface area contributed by atoms with Gasteiger partial charge in [-0.3, -0.25) is 53.3 Å². The largest absolute Gasteiger partial charge is 0.497 e. The first-order chi connectivity index (χ1) is 72.6. The maximum Gasteiger partial charge on any atom is 0.274 e. The van der Waals surface area contributed by atoms with Gasteiger partial charge in [0.25, 0.3) is 58.9 Å². The number of anilines is 3. The first-order valence-electron chi connectivity index (χ1n) is 51.5. The number of benzene rings is 9. The maximum atomic E-state index is 14.5. The topological polar surface area (TPSA) is 403 Å². The molecular formula is C115H135ClN16O18. The van der Waals surface area contributed by atoms with Crippen molar-refractivity contribution in [2.24, 2.45) is 0 Å². The molecule has 0 fully saturated rings. The molecule has 6 N–H and O–H groups in total. The van der Waals surface area contributed by atoms with Crippen LogP contribution in [0.25, 0.3) is 17.1 Å². The minimum Gasteiger partial charge on any atom is -0.497 e. The molecule has 3 aliphatic rings. The van der Waals surface area contributed by atoms with Crippen LogP contribution in [0.2, 0.25) is 5.02 Å². The van der Waals surface area contributed by atoms with Crippen LogP contribution in [-0.2, 0) is 53.3 Å². The number of amides is 9. The highest BCUT2D eigenvalue weighted by atomic mass is 35.5. The summed E-state index contributed by atoms with van der Waals surface area (Å²) in [5.41, 5.74) is 12.2. The highest BCUT2D eigenvalue weighted by Crippen LogP contribution is 2.36. The zero-order valence-electron chi connectivity index (χ0n) is 86.9. The third-order valence-corrected chi connectivity index (χ3v) is 26.9. The van der Waals surface area contributed by atoms with Gasteiger partial charge in [0.1, 0.15) is 23.0 Å². The number of para-hydroxylation sites is 1. The first-order valence-corrected chi connectivity index (χ1v) is 51.9. The number of hydrogen-bond donors (Lipinski definition) is 6. The lowest BCUT2D eigenvalue weighted by Gasteiger charge is -2.36. The van der Waals surface area contributed by atoms with Crippen LogP contribution >= 0.6 is 11.6 Å². The molecule has 3 aliphatic heterocycles. The van der Waals surface area contributed by atoms with E-state index >= 15 is 0 Å². The minimum atomic E-state index is -0.524. The summed E-state index contributed by atoms with van der Waals surface area (Å²) in [5, 5.41) is 65.1. The average molecular weight is 2060 g/mol. The number of fused-ring (bicyclic) bond motifs is 3. The summed E-state index contributed by atoms with van der Waals surface area (Å²) >= 11 is 6.18. The van der Waals surface area contributed by atoms with Gasteiger partial charge in [-0.1, -0.05) is 183 Å². The van der Waals surface area contributed by atoms with Crippen LogP contribution in [0.1, 0.15) is 232 Å². The molecule has 0 saturated heterocycles. The second-order valence-corrected chi connectivity index (χ2v) is 37.9. The van der Waals surface area contributed by atoms with Crippen molar-refractivity contribution in [3.63, 3.8) is 0 Å². The van der Waals surface area contributed by atoms with Crippen LogP contribution in [0, 0.1) is 30.9 Å². The number of non-ortho nitro benzene ring substituents is 1. The second-order valence-electron chi connectivity index (χ2n) is 37.5. The molecule has 3 atom stereocenters. The molecule has 0 bridgehead atoms. The quantitative estimate of drug-likeness (QED) is 0.0153. The van der Waals surface area contributed by atoms with Crippen molar-refractivity contribution < 1.29 is 82.3 Å². The summed E-state index contributed by atoms with van der Waals surface area (Å²) in [6, 6.07) is 61.6. The Kier molecular flexibility index (Phi) is 40.6. The number of nitro groups is 1. The van der Waals surface area contributed by atoms with Crippen LogP contribution < -0.4 is 34.9 Å². The molecule has 0 aliphatic carbocycles. The fourth-order valence-electron chi connectivity index (χ4n) is 18.3. The Balaban J connectivity index is 0.000000187. The summed E-state index contributed by atoms with van der Waals surface area (Å²) in [6.45, 7) is 21.3. The highest BCUT2D eigenvalue weighted by Gasteiger charge is 2.38. The normalized spacial score (nSPS) is 13.8. The fourth-order valence-corrected chi connectivity index (χ4v) is 18.5. The fraction of sp³-hybridized carbons (Fsp3) is 0.374. The molecule has 0 saturated carbocycles. The number of nitro benzene ring substituents is 1. The van der Waals surface area contributed by atoms with Gasteiger partial charge in [-0.25, -0.2) is 14.0 Å². The molecule has 35 heteroatoms. The molecule has 3 aromatic heterocycles. The molecule has 6 heterocycles.